The van der Waals surface area contributed by atoms with Crippen molar-refractivity contribution in [1.29, 1.82) is 0 Å². The van der Waals surface area contributed by atoms with Crippen LogP contribution in [0.2, 0.25) is 38.3 Å². The number of hydrogen-bond acceptors (Lipinski definition) is 5. The smallest absolute Gasteiger partial charge is 0.173 e. The van der Waals surface area contributed by atoms with Crippen LogP contribution in [0.1, 0.15) is 132 Å². The van der Waals surface area contributed by atoms with Gasteiger partial charge in [0.2, 0.25) is 0 Å². The predicted molar refractivity (Wildman–Crippen MR) is 287 cm³/mol. The Kier molecular flexibility index (Phi) is 14.4. The van der Waals surface area contributed by atoms with Gasteiger partial charge in [-0.25, -0.2) is 0 Å². The zero-order chi connectivity index (χ0) is 47.8. The van der Waals surface area contributed by atoms with E-state index in [1.165, 1.54) is 0 Å². The van der Waals surface area contributed by atoms with E-state index in [9.17, 15) is 19.8 Å². The molecule has 11 heteroatoms. The Bertz CT molecular complexity index is 1780. The Morgan fingerprint density at radius 3 is 1.34 bits per heavy atom. The fourth-order valence-corrected chi connectivity index (χ4v) is 34.1. The van der Waals surface area contributed by atoms with Gasteiger partial charge in [0.25, 0.3) is 0 Å². The van der Waals surface area contributed by atoms with Crippen molar-refractivity contribution in [3.63, 3.8) is 0 Å². The summed E-state index contributed by atoms with van der Waals surface area (Å²) in [4.78, 5) is 26.3. The second kappa shape index (κ2) is 17.9. The molecule has 6 fully saturated rings. The molecule has 0 saturated heterocycles. The Morgan fingerprint density at radius 2 is 1.00 bits per heavy atom. The number of alkyl halides is 4. The van der Waals surface area contributed by atoms with Gasteiger partial charge in [0.1, 0.15) is 11.6 Å². The van der Waals surface area contributed by atoms with Crippen LogP contribution in [0.5, 0.6) is 0 Å². The first-order valence-corrected chi connectivity index (χ1v) is 35.7. The molecule has 0 aromatic carbocycles. The highest BCUT2D eigenvalue weighted by molar-refractivity contribution is 9.13. The maximum absolute atomic E-state index is 12.9. The van der Waals surface area contributed by atoms with Crippen LogP contribution >= 0.6 is 63.7 Å². The predicted octanol–water partition coefficient (Wildman–Crippen LogP) is 14.5. The lowest BCUT2D eigenvalue weighted by Crippen LogP contribution is -2.66. The van der Waals surface area contributed by atoms with Gasteiger partial charge in [0.05, 0.1) is 12.2 Å². The average Bonchev–Trinajstić information content (AvgIpc) is 3.71. The summed E-state index contributed by atoms with van der Waals surface area (Å²) < 4.78 is 7.13. The molecule has 10 unspecified atom stereocenters. The number of Topliss-reactive ketones (excluding diaryl/α,β-unsaturated/α-hetero) is 2. The lowest BCUT2D eigenvalue weighted by Gasteiger charge is -2.67. The van der Waals surface area contributed by atoms with E-state index in [2.05, 4.69) is 156 Å². The van der Waals surface area contributed by atoms with Gasteiger partial charge in [-0.05, 0) is 210 Å². The lowest BCUT2D eigenvalue weighted by molar-refractivity contribution is -0.126. The van der Waals surface area contributed by atoms with Gasteiger partial charge in [-0.15, -0.1) is 0 Å². The van der Waals surface area contributed by atoms with Crippen molar-refractivity contribution in [2.45, 2.75) is 201 Å². The molecule has 2 N–H and O–H groups in total. The number of aliphatic hydroxyl groups excluding tert-OH is 2. The van der Waals surface area contributed by atoms with Crippen LogP contribution in [-0.4, -0.2) is 68.9 Å². The zero-order valence-electron chi connectivity index (χ0n) is 42.1. The number of rotatable bonds is 12. The van der Waals surface area contributed by atoms with Gasteiger partial charge < -0.3 is 14.3 Å². The normalized spacial score (nSPS) is 51.2. The third-order valence-corrected chi connectivity index (χ3v) is 36.3. The molecule has 8 aliphatic rings. The molecular formula is C54H86Br4O5Si2. The summed E-state index contributed by atoms with van der Waals surface area (Å²) in [5.41, 5.74) is -0.192. The second-order valence-corrected chi connectivity index (χ2v) is 40.2. The summed E-state index contributed by atoms with van der Waals surface area (Å²) in [6.07, 6.45) is 21.3. The van der Waals surface area contributed by atoms with Crippen LogP contribution in [0.15, 0.2) is 24.3 Å². The molecule has 0 aliphatic heterocycles. The molecule has 8 rings (SSSR count). The number of aliphatic hydroxyl groups is 2. The van der Waals surface area contributed by atoms with Crippen LogP contribution in [-0.2, 0) is 13.7 Å². The molecule has 0 spiro atoms. The third-order valence-electron chi connectivity index (χ3n) is 21.5. The standard InChI is InChI=1S/C54H86Br4O5Si2/c1-31(21-35-23-37(61)27-53(57)47(55)25-39-43-15-13-41(33(3)59)49(43,5)19-17-45(39)51(35,53)7)29-64(9,10)63-65(11,12)30-32(2)22-36-24-38(62)28-54(58)48(56)26-40-44-16-14-42(34(4)60)50(44,6)20-18-46(40)52(36,54)8/h17-20,31-32,35-48,61-62H,13-16,21-30H2,1-12H3/t31?,32?,35?,36?,37?,38?,39-,40-,41+,42+,43-,44-,45-,46-,47?,48?,49+,50+,51+,52+,53?,54?/m0/s1. The van der Waals surface area contributed by atoms with E-state index < -0.39 is 16.6 Å². The largest absolute Gasteiger partial charge is 0.455 e. The second-order valence-electron chi connectivity index (χ2n) is 26.5. The summed E-state index contributed by atoms with van der Waals surface area (Å²) >= 11 is 17.4. The molecule has 0 heterocycles. The minimum absolute atomic E-state index is 0.0376. The minimum Gasteiger partial charge on any atom is -0.455 e. The number of hydrogen-bond donors (Lipinski definition) is 2. The first-order valence-electron chi connectivity index (χ1n) is 26.1. The molecular weight excluding hydrogens is 1100 g/mol. The van der Waals surface area contributed by atoms with Crippen LogP contribution in [0.4, 0.5) is 0 Å². The number of carbonyl (C=O) groups excluding carboxylic acids is 2. The van der Waals surface area contributed by atoms with Crippen molar-refractivity contribution in [2.75, 3.05) is 0 Å². The van der Waals surface area contributed by atoms with Gasteiger partial charge in [0, 0.05) is 30.1 Å². The van der Waals surface area contributed by atoms with Crippen LogP contribution in [0.3, 0.4) is 0 Å². The van der Waals surface area contributed by atoms with E-state index in [0.29, 0.717) is 70.7 Å². The first-order chi connectivity index (χ1) is 30.0. The van der Waals surface area contributed by atoms with Gasteiger partial charge >= 0.3 is 0 Å². The quantitative estimate of drug-likeness (QED) is 0.116. The van der Waals surface area contributed by atoms with Crippen molar-refractivity contribution in [1.82, 2.24) is 0 Å². The molecule has 65 heavy (non-hydrogen) atoms. The topological polar surface area (TPSA) is 83.8 Å². The van der Waals surface area contributed by atoms with Crippen molar-refractivity contribution < 1.29 is 23.9 Å². The summed E-state index contributed by atoms with van der Waals surface area (Å²) in [5.74, 6) is 5.55. The average molecular weight is 1190 g/mol. The Labute approximate surface area is 430 Å². The van der Waals surface area contributed by atoms with Crippen LogP contribution < -0.4 is 0 Å². The summed E-state index contributed by atoms with van der Waals surface area (Å²) in [7, 11) is -4.18. The van der Waals surface area contributed by atoms with Gasteiger partial charge in [0.15, 0.2) is 16.6 Å². The van der Waals surface area contributed by atoms with Crippen LogP contribution in [0, 0.1) is 92.7 Å². The van der Waals surface area contributed by atoms with Gasteiger partial charge in [-0.2, -0.15) is 0 Å². The van der Waals surface area contributed by atoms with Crippen molar-refractivity contribution in [3.05, 3.63) is 24.3 Å². The van der Waals surface area contributed by atoms with Crippen molar-refractivity contribution in [3.8, 4) is 0 Å². The zero-order valence-corrected chi connectivity index (χ0v) is 50.4. The molecule has 6 saturated carbocycles. The Hall–Kier alpha value is 1.05. The summed E-state index contributed by atoms with van der Waals surface area (Å²) in [6.45, 7) is 28.3. The fourth-order valence-electron chi connectivity index (χ4n) is 19.2. The highest BCUT2D eigenvalue weighted by Gasteiger charge is 2.70. The molecule has 8 aliphatic carbocycles. The molecule has 5 nitrogen and oxygen atoms in total. The molecule has 0 bridgehead atoms. The number of fused-ring (bicyclic) bond motifs is 10. The molecule has 0 aromatic rings. The molecule has 0 aromatic heterocycles. The van der Waals surface area contributed by atoms with E-state index in [1.54, 1.807) is 0 Å². The van der Waals surface area contributed by atoms with Crippen molar-refractivity contribution in [2.24, 2.45) is 92.7 Å². The van der Waals surface area contributed by atoms with Crippen molar-refractivity contribution >= 4 is 91.9 Å². The van der Waals surface area contributed by atoms with E-state index in [0.717, 1.165) is 89.1 Å². The number of carbonyl (C=O) groups is 2. The summed E-state index contributed by atoms with van der Waals surface area (Å²) in [6, 6.07) is 2.23. The maximum Gasteiger partial charge on any atom is 0.173 e. The first kappa shape index (κ1) is 52.4. The van der Waals surface area contributed by atoms with E-state index >= 15 is 0 Å². The van der Waals surface area contributed by atoms with E-state index in [1.807, 2.05) is 13.8 Å². The fraction of sp³-hybridized carbons (Fsp3) is 0.889. The van der Waals surface area contributed by atoms with E-state index in [-0.39, 0.29) is 64.0 Å². The number of halogens is 4. The molecule has 0 radical (unpaired) electrons. The maximum atomic E-state index is 12.9. The SMILES string of the molecule is CC(=O)[C@H]1CC[C@H]2[C@@H]3CC(Br)C4(Br)CC(O)CC(CC(C)C[Si](C)(C)O[Si](C)(C)CC(C)CC5CC(O)CC6(Br)C(Br)C[C@H]7[C@@H]8CC[C@H](C(C)=O)[C@@]8(C)C=C[C@@H]7[C@@]56C)[C@]4(C)[C@H]3C=C[C@]12C. The van der Waals surface area contributed by atoms with E-state index in [4.69, 9.17) is 4.12 Å². The molecule has 22 atom stereocenters. The van der Waals surface area contributed by atoms with Gasteiger partial charge in [-0.1, -0.05) is 130 Å². The molecule has 0 amide bonds. The van der Waals surface area contributed by atoms with Crippen LogP contribution in [0.25, 0.3) is 0 Å². The molecule has 368 valence electrons. The monoisotopic (exact) mass is 1190 g/mol. The highest BCUT2D eigenvalue weighted by Crippen LogP contribution is 2.73. The summed E-state index contributed by atoms with van der Waals surface area (Å²) in [5, 5.41) is 23.2. The lowest BCUT2D eigenvalue weighted by atomic mass is 9.43. The number of ketones is 2. The number of allylic oxidation sites excluding steroid dienone is 4. The van der Waals surface area contributed by atoms with Gasteiger partial charge in [-0.3, -0.25) is 9.59 Å². The highest BCUT2D eigenvalue weighted by atomic mass is 79.9. The Balaban J connectivity index is 0.959. The third kappa shape index (κ3) is 8.44. The Morgan fingerprint density at radius 1 is 0.646 bits per heavy atom. The minimum atomic E-state index is -2.09.